The van der Waals surface area contributed by atoms with Crippen molar-refractivity contribution in [3.05, 3.63) is 107 Å². The van der Waals surface area contributed by atoms with E-state index >= 15 is 0 Å². The lowest BCUT2D eigenvalue weighted by Gasteiger charge is -2.21. The summed E-state index contributed by atoms with van der Waals surface area (Å²) in [6.07, 6.45) is 2.19. The van der Waals surface area contributed by atoms with E-state index in [1.54, 1.807) is 65.6 Å². The fourth-order valence-corrected chi connectivity index (χ4v) is 3.88. The van der Waals surface area contributed by atoms with Gasteiger partial charge in [-0.2, -0.15) is 5.10 Å². The maximum atomic E-state index is 13.1. The summed E-state index contributed by atoms with van der Waals surface area (Å²) in [4.78, 5) is 51.2. The van der Waals surface area contributed by atoms with Crippen LogP contribution in [0.5, 0.6) is 0 Å². The van der Waals surface area contributed by atoms with Gasteiger partial charge in [0.15, 0.2) is 17.7 Å². The standard InChI is InChI=1S/C26H19N3O6/c1-15(34-26(33)21-11-10-16(35-21)14-29-13-5-12-27-29)25(32)28-20-9-4-8-19-22(20)24(31)18-7-3-2-6-17(18)23(19)30/h2-13,15H,14H2,1H3,(H,28,32). The van der Waals surface area contributed by atoms with Crippen LogP contribution in [0.4, 0.5) is 5.69 Å². The molecular formula is C26H19N3O6. The lowest BCUT2D eigenvalue weighted by Crippen LogP contribution is -2.31. The lowest BCUT2D eigenvalue weighted by molar-refractivity contribution is -0.123. The molecule has 2 aromatic heterocycles. The smallest absolute Gasteiger partial charge is 0.375 e. The summed E-state index contributed by atoms with van der Waals surface area (Å²) in [7, 11) is 0. The normalized spacial score (nSPS) is 13.1. The number of ketones is 2. The number of esters is 1. The number of fused-ring (bicyclic) bond motifs is 2. The Labute approximate surface area is 199 Å². The number of rotatable bonds is 6. The van der Waals surface area contributed by atoms with E-state index in [1.807, 2.05) is 0 Å². The van der Waals surface area contributed by atoms with Crippen LogP contribution in [0.15, 0.2) is 77.5 Å². The average Bonchev–Trinajstić information content (AvgIpc) is 3.55. The van der Waals surface area contributed by atoms with Gasteiger partial charge in [0.1, 0.15) is 5.76 Å². The molecule has 1 amide bonds. The highest BCUT2D eigenvalue weighted by molar-refractivity contribution is 6.30. The Bertz CT molecular complexity index is 1470. The number of ether oxygens (including phenoxy) is 1. The predicted molar refractivity (Wildman–Crippen MR) is 123 cm³/mol. The molecule has 1 atom stereocenters. The highest BCUT2D eigenvalue weighted by Gasteiger charge is 2.32. The molecule has 35 heavy (non-hydrogen) atoms. The average molecular weight is 469 g/mol. The number of benzene rings is 2. The van der Waals surface area contributed by atoms with Crippen molar-refractivity contribution in [1.29, 1.82) is 0 Å². The van der Waals surface area contributed by atoms with Gasteiger partial charge in [-0.3, -0.25) is 19.1 Å². The fraction of sp³-hybridized carbons (Fsp3) is 0.115. The third kappa shape index (κ3) is 4.15. The molecule has 1 aliphatic carbocycles. The maximum Gasteiger partial charge on any atom is 0.375 e. The first kappa shape index (κ1) is 22.0. The van der Waals surface area contributed by atoms with E-state index in [-0.39, 0.29) is 39.7 Å². The molecule has 1 aliphatic rings. The molecule has 0 saturated heterocycles. The molecule has 174 valence electrons. The van der Waals surface area contributed by atoms with Gasteiger partial charge in [0.05, 0.1) is 17.8 Å². The van der Waals surface area contributed by atoms with Crippen LogP contribution in [0.3, 0.4) is 0 Å². The first-order valence-electron chi connectivity index (χ1n) is 10.8. The first-order valence-corrected chi connectivity index (χ1v) is 10.8. The fourth-order valence-electron chi connectivity index (χ4n) is 3.88. The molecule has 5 rings (SSSR count). The Kier molecular flexibility index (Phi) is 5.58. The van der Waals surface area contributed by atoms with E-state index < -0.39 is 18.0 Å². The van der Waals surface area contributed by atoms with Crippen LogP contribution in [0.1, 0.15) is 55.1 Å². The van der Waals surface area contributed by atoms with E-state index in [4.69, 9.17) is 9.15 Å². The number of amides is 1. The third-order valence-electron chi connectivity index (χ3n) is 5.60. The molecular weight excluding hydrogens is 450 g/mol. The molecule has 9 heteroatoms. The lowest BCUT2D eigenvalue weighted by atomic mass is 9.83. The minimum absolute atomic E-state index is 0.0544. The maximum absolute atomic E-state index is 13.1. The molecule has 2 heterocycles. The number of nitrogens with zero attached hydrogens (tertiary/aromatic N) is 2. The van der Waals surface area contributed by atoms with E-state index in [0.717, 1.165) is 0 Å². The van der Waals surface area contributed by atoms with Gasteiger partial charge >= 0.3 is 5.97 Å². The van der Waals surface area contributed by atoms with Gasteiger partial charge < -0.3 is 14.5 Å². The minimum Gasteiger partial charge on any atom is -0.452 e. The molecule has 0 saturated carbocycles. The van der Waals surface area contributed by atoms with Crippen molar-refractivity contribution in [1.82, 2.24) is 9.78 Å². The van der Waals surface area contributed by atoms with Crippen molar-refractivity contribution in [3.63, 3.8) is 0 Å². The summed E-state index contributed by atoms with van der Waals surface area (Å²) in [6.45, 7) is 1.74. The highest BCUT2D eigenvalue weighted by Crippen LogP contribution is 2.32. The number of carbonyl (C=O) groups excluding carboxylic acids is 4. The van der Waals surface area contributed by atoms with Crippen molar-refractivity contribution in [2.24, 2.45) is 0 Å². The quantitative estimate of drug-likeness (QED) is 0.378. The number of nitrogens with one attached hydrogen (secondary N) is 1. The Hall–Kier alpha value is -4.79. The summed E-state index contributed by atoms with van der Waals surface area (Å²) in [6, 6.07) is 16.0. The van der Waals surface area contributed by atoms with Gasteiger partial charge in [-0.05, 0) is 31.2 Å². The molecule has 1 N–H and O–H groups in total. The van der Waals surface area contributed by atoms with E-state index in [1.165, 1.54) is 19.1 Å². The summed E-state index contributed by atoms with van der Waals surface area (Å²) < 4.78 is 12.4. The summed E-state index contributed by atoms with van der Waals surface area (Å²) >= 11 is 0. The van der Waals surface area contributed by atoms with Crippen molar-refractivity contribution >= 4 is 29.1 Å². The summed E-state index contributed by atoms with van der Waals surface area (Å²) in [5, 5.41) is 6.68. The largest absolute Gasteiger partial charge is 0.452 e. The molecule has 0 spiro atoms. The van der Waals surface area contributed by atoms with Crippen molar-refractivity contribution in [2.45, 2.75) is 19.6 Å². The van der Waals surface area contributed by atoms with Gasteiger partial charge in [0.25, 0.3) is 5.91 Å². The molecule has 0 aliphatic heterocycles. The van der Waals surface area contributed by atoms with Crippen LogP contribution in [-0.4, -0.2) is 39.3 Å². The van der Waals surface area contributed by atoms with Crippen molar-refractivity contribution in [2.75, 3.05) is 5.32 Å². The van der Waals surface area contributed by atoms with Crippen LogP contribution < -0.4 is 5.32 Å². The highest BCUT2D eigenvalue weighted by atomic mass is 16.6. The Morgan fingerprint density at radius 2 is 1.71 bits per heavy atom. The monoisotopic (exact) mass is 469 g/mol. The number of anilines is 1. The SMILES string of the molecule is CC(OC(=O)c1ccc(Cn2cccn2)o1)C(=O)Nc1cccc2c1C(=O)c1ccccc1C2=O. The van der Waals surface area contributed by atoms with Crippen LogP contribution >= 0.6 is 0 Å². The van der Waals surface area contributed by atoms with Crippen molar-refractivity contribution < 1.29 is 28.3 Å². The minimum atomic E-state index is -1.19. The topological polar surface area (TPSA) is 120 Å². The van der Waals surface area contributed by atoms with Crippen LogP contribution in [0.2, 0.25) is 0 Å². The van der Waals surface area contributed by atoms with Crippen LogP contribution in [0, 0.1) is 0 Å². The molecule has 0 bridgehead atoms. The number of hydrogen-bond acceptors (Lipinski definition) is 7. The number of hydrogen-bond donors (Lipinski definition) is 1. The van der Waals surface area contributed by atoms with Gasteiger partial charge in [-0.1, -0.05) is 36.4 Å². The summed E-state index contributed by atoms with van der Waals surface area (Å²) in [5.74, 6) is -1.69. The Morgan fingerprint density at radius 1 is 0.971 bits per heavy atom. The van der Waals surface area contributed by atoms with Crippen LogP contribution in [-0.2, 0) is 16.1 Å². The van der Waals surface area contributed by atoms with E-state index in [0.29, 0.717) is 17.9 Å². The Balaban J connectivity index is 1.29. The molecule has 2 aromatic carbocycles. The second kappa shape index (κ2) is 8.86. The second-order valence-corrected chi connectivity index (χ2v) is 7.94. The molecule has 1 unspecified atom stereocenters. The second-order valence-electron chi connectivity index (χ2n) is 7.94. The number of carbonyl (C=O) groups is 4. The van der Waals surface area contributed by atoms with Gasteiger partial charge in [-0.25, -0.2) is 4.79 Å². The Morgan fingerprint density at radius 3 is 2.46 bits per heavy atom. The van der Waals surface area contributed by atoms with Gasteiger partial charge in [0, 0.05) is 29.1 Å². The number of aromatic nitrogens is 2. The van der Waals surface area contributed by atoms with E-state index in [2.05, 4.69) is 10.4 Å². The van der Waals surface area contributed by atoms with Crippen molar-refractivity contribution in [3.8, 4) is 0 Å². The third-order valence-corrected chi connectivity index (χ3v) is 5.60. The molecule has 4 aromatic rings. The number of furan rings is 1. The zero-order valence-electron chi connectivity index (χ0n) is 18.6. The van der Waals surface area contributed by atoms with Gasteiger partial charge in [-0.15, -0.1) is 0 Å². The molecule has 0 radical (unpaired) electrons. The predicted octanol–water partition coefficient (Wildman–Crippen LogP) is 3.48. The van der Waals surface area contributed by atoms with Crippen LogP contribution in [0.25, 0.3) is 0 Å². The summed E-state index contributed by atoms with van der Waals surface area (Å²) in [5.41, 5.74) is 1.08. The molecule has 9 nitrogen and oxygen atoms in total. The first-order chi connectivity index (χ1) is 16.9. The zero-order valence-corrected chi connectivity index (χ0v) is 18.6. The van der Waals surface area contributed by atoms with Gasteiger partial charge in [0.2, 0.25) is 5.76 Å². The van der Waals surface area contributed by atoms with E-state index in [9.17, 15) is 19.2 Å². The zero-order chi connectivity index (χ0) is 24.5. The molecule has 0 fully saturated rings.